The van der Waals surface area contributed by atoms with E-state index in [1.807, 2.05) is 13.8 Å². The molecule has 2 nitrogen and oxygen atoms in total. The normalized spacial score (nSPS) is 21.3. The Morgan fingerprint density at radius 2 is 1.91 bits per heavy atom. The van der Waals surface area contributed by atoms with Gasteiger partial charge in [0, 0.05) is 13.0 Å². The van der Waals surface area contributed by atoms with Crippen LogP contribution in [0.2, 0.25) is 0 Å². The van der Waals surface area contributed by atoms with E-state index in [1.165, 1.54) is 0 Å². The van der Waals surface area contributed by atoms with Crippen LogP contribution in [0.3, 0.4) is 0 Å². The summed E-state index contributed by atoms with van der Waals surface area (Å²) in [5.41, 5.74) is 0.327. The Bertz CT molecular complexity index is 118. The predicted molar refractivity (Wildman–Crippen MR) is 47.4 cm³/mol. The molecule has 1 saturated heterocycles. The van der Waals surface area contributed by atoms with E-state index in [-0.39, 0.29) is 5.91 Å². The Labute approximate surface area is 69.4 Å². The van der Waals surface area contributed by atoms with E-state index in [0.717, 1.165) is 13.0 Å². The predicted octanol–water partition coefficient (Wildman–Crippen LogP) is 1.95. The van der Waals surface area contributed by atoms with E-state index in [1.54, 1.807) is 0 Å². The van der Waals surface area contributed by atoms with Gasteiger partial charge in [-0.05, 0) is 11.8 Å². The van der Waals surface area contributed by atoms with Crippen molar-refractivity contribution in [1.29, 1.82) is 0 Å². The highest BCUT2D eigenvalue weighted by molar-refractivity contribution is 5.76. The molecule has 1 fully saturated rings. The minimum absolute atomic E-state index is 0.203. The molecule has 1 aliphatic heterocycles. The molecule has 0 aromatic carbocycles. The first-order chi connectivity index (χ1) is 5.10. The number of hydrogen-bond acceptors (Lipinski definition) is 1. The molecular weight excluding hydrogens is 138 g/mol. The fourth-order valence-corrected chi connectivity index (χ4v) is 0.967. The molecule has 1 rings (SSSR count). The van der Waals surface area contributed by atoms with Gasteiger partial charge in [-0.3, -0.25) is 4.79 Å². The highest BCUT2D eigenvalue weighted by atomic mass is 16.1. The Morgan fingerprint density at radius 1 is 1.36 bits per heavy atom. The summed E-state index contributed by atoms with van der Waals surface area (Å²) in [7, 11) is 0. The molecule has 0 unspecified atom stereocenters. The van der Waals surface area contributed by atoms with E-state index < -0.39 is 0 Å². The van der Waals surface area contributed by atoms with Crippen LogP contribution in [0.5, 0.6) is 0 Å². The monoisotopic (exact) mass is 157 g/mol. The third-order valence-corrected chi connectivity index (χ3v) is 1.79. The van der Waals surface area contributed by atoms with Crippen LogP contribution in [0.4, 0.5) is 0 Å². The van der Waals surface area contributed by atoms with Gasteiger partial charge >= 0.3 is 0 Å². The van der Waals surface area contributed by atoms with Crippen LogP contribution in [-0.4, -0.2) is 12.5 Å². The summed E-state index contributed by atoms with van der Waals surface area (Å²) in [6, 6.07) is 0. The molecule has 1 aliphatic rings. The zero-order chi connectivity index (χ0) is 8.91. The number of piperidine rings is 1. The van der Waals surface area contributed by atoms with Crippen molar-refractivity contribution in [1.82, 2.24) is 5.32 Å². The second-order valence-corrected chi connectivity index (χ2v) is 3.44. The lowest BCUT2D eigenvalue weighted by Gasteiger charge is -2.29. The number of amides is 1. The highest BCUT2D eigenvalue weighted by Crippen LogP contribution is 2.23. The van der Waals surface area contributed by atoms with Crippen molar-refractivity contribution < 1.29 is 4.79 Å². The summed E-state index contributed by atoms with van der Waals surface area (Å²) >= 11 is 0. The number of rotatable bonds is 0. The van der Waals surface area contributed by atoms with Gasteiger partial charge in [-0.1, -0.05) is 27.7 Å². The molecule has 0 radical (unpaired) electrons. The van der Waals surface area contributed by atoms with Gasteiger partial charge < -0.3 is 5.32 Å². The molecule has 0 bridgehead atoms. The van der Waals surface area contributed by atoms with Crippen molar-refractivity contribution in [3.05, 3.63) is 0 Å². The smallest absolute Gasteiger partial charge is 0.220 e. The number of hydrogen-bond donors (Lipinski definition) is 1. The maximum atomic E-state index is 10.6. The highest BCUT2D eigenvalue weighted by Gasteiger charge is 2.24. The van der Waals surface area contributed by atoms with Crippen LogP contribution in [0, 0.1) is 5.41 Å². The van der Waals surface area contributed by atoms with E-state index in [2.05, 4.69) is 19.2 Å². The minimum Gasteiger partial charge on any atom is -0.356 e. The molecule has 66 valence electrons. The maximum absolute atomic E-state index is 10.6. The quantitative estimate of drug-likeness (QED) is 0.572. The van der Waals surface area contributed by atoms with Crippen molar-refractivity contribution in [3.8, 4) is 0 Å². The van der Waals surface area contributed by atoms with E-state index in [4.69, 9.17) is 0 Å². The van der Waals surface area contributed by atoms with Gasteiger partial charge in [-0.2, -0.15) is 0 Å². The van der Waals surface area contributed by atoms with Crippen molar-refractivity contribution in [2.75, 3.05) is 6.54 Å². The third-order valence-electron chi connectivity index (χ3n) is 1.79. The van der Waals surface area contributed by atoms with E-state index in [9.17, 15) is 4.79 Å². The average molecular weight is 157 g/mol. The summed E-state index contributed by atoms with van der Waals surface area (Å²) in [5, 5.41) is 2.83. The van der Waals surface area contributed by atoms with Crippen molar-refractivity contribution in [2.45, 2.75) is 40.5 Å². The van der Waals surface area contributed by atoms with Crippen molar-refractivity contribution in [3.63, 3.8) is 0 Å². The second kappa shape index (κ2) is 4.37. The summed E-state index contributed by atoms with van der Waals surface area (Å²) in [6.07, 6.45) is 1.73. The molecule has 2 heteroatoms. The minimum atomic E-state index is 0.203. The van der Waals surface area contributed by atoms with Crippen LogP contribution >= 0.6 is 0 Å². The lowest BCUT2D eigenvalue weighted by molar-refractivity contribution is -0.123. The molecule has 0 aromatic rings. The first kappa shape index (κ1) is 10.5. The van der Waals surface area contributed by atoms with Crippen LogP contribution in [0.25, 0.3) is 0 Å². The lowest BCUT2D eigenvalue weighted by Crippen LogP contribution is -2.39. The first-order valence-electron chi connectivity index (χ1n) is 4.37. The lowest BCUT2D eigenvalue weighted by atomic mass is 9.85. The van der Waals surface area contributed by atoms with Crippen LogP contribution in [-0.2, 0) is 4.79 Å². The zero-order valence-corrected chi connectivity index (χ0v) is 8.03. The van der Waals surface area contributed by atoms with Gasteiger partial charge in [0.25, 0.3) is 0 Å². The molecule has 1 amide bonds. The molecule has 0 spiro atoms. The van der Waals surface area contributed by atoms with Crippen molar-refractivity contribution >= 4 is 5.91 Å². The molecule has 0 aromatic heterocycles. The van der Waals surface area contributed by atoms with Crippen LogP contribution in [0.1, 0.15) is 40.5 Å². The summed E-state index contributed by atoms with van der Waals surface area (Å²) in [6.45, 7) is 9.19. The van der Waals surface area contributed by atoms with E-state index >= 15 is 0 Å². The molecule has 1 heterocycles. The number of carbonyl (C=O) groups is 1. The van der Waals surface area contributed by atoms with Gasteiger partial charge in [0.15, 0.2) is 0 Å². The Kier molecular flexibility index (Phi) is 4.16. The SMILES string of the molecule is CC.CC1(C)CCC(=O)NC1. The van der Waals surface area contributed by atoms with Gasteiger partial charge in [0.05, 0.1) is 0 Å². The van der Waals surface area contributed by atoms with Crippen LogP contribution in [0.15, 0.2) is 0 Å². The number of carbonyl (C=O) groups excluding carboxylic acids is 1. The standard InChI is InChI=1S/C7H13NO.C2H6/c1-7(2)4-3-6(9)8-5-7;1-2/h3-5H2,1-2H3,(H,8,9);1-2H3. The topological polar surface area (TPSA) is 29.1 Å². The fraction of sp³-hybridized carbons (Fsp3) is 0.889. The summed E-state index contributed by atoms with van der Waals surface area (Å²) in [4.78, 5) is 10.6. The first-order valence-corrected chi connectivity index (χ1v) is 4.37. The van der Waals surface area contributed by atoms with Gasteiger partial charge in [0.2, 0.25) is 5.91 Å². The molecular formula is C9H19NO. The molecule has 11 heavy (non-hydrogen) atoms. The Morgan fingerprint density at radius 3 is 2.18 bits per heavy atom. The fourth-order valence-electron chi connectivity index (χ4n) is 0.967. The summed E-state index contributed by atoms with van der Waals surface area (Å²) < 4.78 is 0. The molecule has 0 atom stereocenters. The molecule has 0 saturated carbocycles. The third kappa shape index (κ3) is 4.02. The molecule has 1 N–H and O–H groups in total. The van der Waals surface area contributed by atoms with Crippen molar-refractivity contribution in [2.24, 2.45) is 5.41 Å². The maximum Gasteiger partial charge on any atom is 0.220 e. The largest absolute Gasteiger partial charge is 0.356 e. The van der Waals surface area contributed by atoms with Gasteiger partial charge in [0.1, 0.15) is 0 Å². The van der Waals surface area contributed by atoms with Gasteiger partial charge in [-0.25, -0.2) is 0 Å². The molecule has 0 aliphatic carbocycles. The number of nitrogens with one attached hydrogen (secondary N) is 1. The van der Waals surface area contributed by atoms with E-state index in [0.29, 0.717) is 11.8 Å². The average Bonchev–Trinajstić information content (AvgIpc) is 2.00. The van der Waals surface area contributed by atoms with Crippen LogP contribution < -0.4 is 5.32 Å². The summed E-state index contributed by atoms with van der Waals surface area (Å²) in [5.74, 6) is 0.203. The zero-order valence-electron chi connectivity index (χ0n) is 8.03. The Balaban J connectivity index is 0.000000461. The Hall–Kier alpha value is -0.530. The van der Waals surface area contributed by atoms with Gasteiger partial charge in [-0.15, -0.1) is 0 Å². The second-order valence-electron chi connectivity index (χ2n) is 3.44.